The van der Waals surface area contributed by atoms with Crippen molar-refractivity contribution in [2.75, 3.05) is 6.61 Å². The Morgan fingerprint density at radius 3 is 2.00 bits per heavy atom. The Bertz CT molecular complexity index is 938. The average Bonchev–Trinajstić information content (AvgIpc) is 2.99. The number of unbranched alkanes of at least 4 members (excludes halogenated alkanes) is 9. The first-order valence-corrected chi connectivity index (χ1v) is 16.3. The average molecular weight is 547 g/mol. The summed E-state index contributed by atoms with van der Waals surface area (Å²) in [6.45, 7) is 6.78. The molecule has 0 atom stereocenters. The second kappa shape index (κ2) is 19.5. The highest BCUT2D eigenvalue weighted by atomic mass is 16.5. The normalized spacial score (nSPS) is 16.9. The number of ether oxygens (including phenoxy) is 2. The molecule has 0 N–H and O–H groups in total. The van der Waals surface area contributed by atoms with Gasteiger partial charge in [-0.25, -0.2) is 4.79 Å². The molecule has 1 fully saturated rings. The molecule has 0 saturated heterocycles. The van der Waals surface area contributed by atoms with Crippen molar-refractivity contribution in [3.8, 4) is 11.5 Å². The van der Waals surface area contributed by atoms with Gasteiger partial charge >= 0.3 is 5.97 Å². The van der Waals surface area contributed by atoms with Crippen molar-refractivity contribution >= 4 is 5.97 Å². The van der Waals surface area contributed by atoms with Gasteiger partial charge in [0.2, 0.25) is 0 Å². The monoisotopic (exact) mass is 546 g/mol. The maximum Gasteiger partial charge on any atom is 0.343 e. The molecule has 0 spiro atoms. The van der Waals surface area contributed by atoms with Gasteiger partial charge in [0.05, 0.1) is 12.2 Å². The molecule has 3 heteroatoms. The van der Waals surface area contributed by atoms with Crippen molar-refractivity contribution in [1.82, 2.24) is 0 Å². The quantitative estimate of drug-likeness (QED) is 0.0717. The van der Waals surface area contributed by atoms with Crippen LogP contribution in [0.2, 0.25) is 0 Å². The van der Waals surface area contributed by atoms with Crippen molar-refractivity contribution in [2.45, 2.75) is 122 Å². The largest absolute Gasteiger partial charge is 0.494 e. The van der Waals surface area contributed by atoms with Crippen molar-refractivity contribution in [3.05, 3.63) is 72.3 Å². The zero-order chi connectivity index (χ0) is 28.3. The van der Waals surface area contributed by atoms with Crippen molar-refractivity contribution < 1.29 is 14.3 Å². The van der Waals surface area contributed by atoms with Gasteiger partial charge in [-0.3, -0.25) is 0 Å². The smallest absolute Gasteiger partial charge is 0.343 e. The minimum absolute atomic E-state index is 0.330. The van der Waals surface area contributed by atoms with Crippen LogP contribution < -0.4 is 9.47 Å². The van der Waals surface area contributed by atoms with Crippen molar-refractivity contribution in [2.24, 2.45) is 11.8 Å². The Morgan fingerprint density at radius 1 is 0.750 bits per heavy atom. The molecule has 1 aliphatic carbocycles. The van der Waals surface area contributed by atoms with Crippen LogP contribution in [0.25, 0.3) is 0 Å². The molecule has 3 rings (SSSR count). The number of hydrogen-bond donors (Lipinski definition) is 0. The first-order chi connectivity index (χ1) is 19.7. The molecule has 0 bridgehead atoms. The number of aryl methyl sites for hydroxylation is 1. The Hall–Kier alpha value is -2.55. The number of hydrogen-bond acceptors (Lipinski definition) is 3. The lowest BCUT2D eigenvalue weighted by molar-refractivity contribution is 0.0734. The predicted octanol–water partition coefficient (Wildman–Crippen LogP) is 10.9. The summed E-state index contributed by atoms with van der Waals surface area (Å²) in [4.78, 5) is 12.6. The lowest BCUT2D eigenvalue weighted by atomic mass is 9.78. The van der Waals surface area contributed by atoms with E-state index < -0.39 is 0 Å². The van der Waals surface area contributed by atoms with E-state index in [-0.39, 0.29) is 5.97 Å². The molecule has 0 radical (unpaired) electrons. The summed E-state index contributed by atoms with van der Waals surface area (Å²) in [5.74, 6) is 2.91. The predicted molar refractivity (Wildman–Crippen MR) is 168 cm³/mol. The van der Waals surface area contributed by atoms with E-state index in [4.69, 9.17) is 9.47 Å². The van der Waals surface area contributed by atoms with Gasteiger partial charge in [-0.15, -0.1) is 6.58 Å². The van der Waals surface area contributed by atoms with Crippen LogP contribution in [-0.4, -0.2) is 12.6 Å². The minimum atomic E-state index is -0.330. The molecule has 1 aliphatic rings. The van der Waals surface area contributed by atoms with Gasteiger partial charge in [-0.1, -0.05) is 109 Å². The van der Waals surface area contributed by atoms with Gasteiger partial charge in [0.25, 0.3) is 0 Å². The van der Waals surface area contributed by atoms with E-state index in [1.807, 2.05) is 30.3 Å². The number of rotatable bonds is 20. The number of carbonyl (C=O) groups is 1. The second-order valence-corrected chi connectivity index (χ2v) is 11.9. The Labute approximate surface area is 244 Å². The van der Waals surface area contributed by atoms with E-state index in [0.717, 1.165) is 36.8 Å². The minimum Gasteiger partial charge on any atom is -0.494 e. The van der Waals surface area contributed by atoms with Gasteiger partial charge in [-0.2, -0.15) is 0 Å². The SMILES string of the molecule is C=CCCCCCCCCCOc1ccc(C(=O)Oc2ccc(CCC3CCC(CCCCC)CC3)cc2)cc1. The molecule has 0 amide bonds. The molecular weight excluding hydrogens is 492 g/mol. The molecule has 2 aromatic rings. The summed E-state index contributed by atoms with van der Waals surface area (Å²) in [5.41, 5.74) is 1.87. The third kappa shape index (κ3) is 12.7. The van der Waals surface area contributed by atoms with Crippen molar-refractivity contribution in [1.29, 1.82) is 0 Å². The highest BCUT2D eigenvalue weighted by Gasteiger charge is 2.20. The van der Waals surface area contributed by atoms with Crippen LogP contribution >= 0.6 is 0 Å². The van der Waals surface area contributed by atoms with E-state index in [2.05, 4.69) is 25.6 Å². The standard InChI is InChI=1S/C37H54O3/c1-3-5-7-8-9-10-11-12-14-30-39-35-28-24-34(25-29-35)37(38)40-36-26-22-33(23-27-36)21-20-32-18-16-31(17-19-32)15-13-6-4-2/h3,22-29,31-32H,1,4-21,30H2,2H3. The van der Waals surface area contributed by atoms with Crippen LogP contribution in [0.3, 0.4) is 0 Å². The van der Waals surface area contributed by atoms with E-state index in [9.17, 15) is 4.79 Å². The van der Waals surface area contributed by atoms with Crippen LogP contribution in [0.15, 0.2) is 61.2 Å². The maximum absolute atomic E-state index is 12.6. The van der Waals surface area contributed by atoms with Crippen LogP contribution in [0.1, 0.15) is 132 Å². The van der Waals surface area contributed by atoms with E-state index in [0.29, 0.717) is 17.9 Å². The molecule has 40 heavy (non-hydrogen) atoms. The fourth-order valence-electron chi connectivity index (χ4n) is 5.90. The zero-order valence-corrected chi connectivity index (χ0v) is 25.2. The molecule has 0 aliphatic heterocycles. The van der Waals surface area contributed by atoms with Crippen LogP contribution in [-0.2, 0) is 6.42 Å². The van der Waals surface area contributed by atoms with Gasteiger partial charge in [0.15, 0.2) is 0 Å². The topological polar surface area (TPSA) is 35.5 Å². The van der Waals surface area contributed by atoms with Gasteiger partial charge < -0.3 is 9.47 Å². The highest BCUT2D eigenvalue weighted by Crippen LogP contribution is 2.34. The Morgan fingerprint density at radius 2 is 1.35 bits per heavy atom. The third-order valence-corrected chi connectivity index (χ3v) is 8.57. The summed E-state index contributed by atoms with van der Waals surface area (Å²) in [6, 6.07) is 15.4. The fraction of sp³-hybridized carbons (Fsp3) is 0.595. The van der Waals surface area contributed by atoms with Crippen LogP contribution in [0, 0.1) is 11.8 Å². The Balaban J connectivity index is 1.28. The second-order valence-electron chi connectivity index (χ2n) is 11.9. The summed E-state index contributed by atoms with van der Waals surface area (Å²) in [7, 11) is 0. The van der Waals surface area contributed by atoms with E-state index >= 15 is 0 Å². The molecule has 3 nitrogen and oxygen atoms in total. The number of benzene rings is 2. The van der Waals surface area contributed by atoms with Gasteiger partial charge in [0.1, 0.15) is 11.5 Å². The maximum atomic E-state index is 12.6. The Kier molecular flexibility index (Phi) is 15.6. The van der Waals surface area contributed by atoms with Gasteiger partial charge in [0, 0.05) is 0 Å². The summed E-state index contributed by atoms with van der Waals surface area (Å²) < 4.78 is 11.5. The number of esters is 1. The lowest BCUT2D eigenvalue weighted by Crippen LogP contribution is -2.15. The highest BCUT2D eigenvalue weighted by molar-refractivity contribution is 5.91. The first kappa shape index (κ1) is 32.0. The van der Waals surface area contributed by atoms with Crippen molar-refractivity contribution in [3.63, 3.8) is 0 Å². The number of allylic oxidation sites excluding steroid dienone is 1. The third-order valence-electron chi connectivity index (χ3n) is 8.57. The molecule has 0 heterocycles. The summed E-state index contributed by atoms with van der Waals surface area (Å²) >= 11 is 0. The zero-order valence-electron chi connectivity index (χ0n) is 25.2. The molecule has 1 saturated carbocycles. The van der Waals surface area contributed by atoms with E-state index in [1.54, 1.807) is 12.1 Å². The molecule has 220 valence electrons. The van der Waals surface area contributed by atoms with E-state index in [1.165, 1.54) is 102 Å². The van der Waals surface area contributed by atoms with Crippen LogP contribution in [0.4, 0.5) is 0 Å². The van der Waals surface area contributed by atoms with Gasteiger partial charge in [-0.05, 0) is 85.9 Å². The molecular formula is C37H54O3. The molecule has 0 aromatic heterocycles. The molecule has 2 aromatic carbocycles. The van der Waals surface area contributed by atoms with Crippen LogP contribution in [0.5, 0.6) is 11.5 Å². The summed E-state index contributed by atoms with van der Waals surface area (Å²) in [5, 5.41) is 0. The fourth-order valence-corrected chi connectivity index (χ4v) is 5.90. The lowest BCUT2D eigenvalue weighted by Gasteiger charge is -2.28. The number of carbonyl (C=O) groups excluding carboxylic acids is 1. The summed E-state index contributed by atoms with van der Waals surface area (Å²) in [6.07, 6.45) is 25.5. The first-order valence-electron chi connectivity index (χ1n) is 16.3. The molecule has 0 unspecified atom stereocenters.